The maximum Gasteiger partial charge on any atom is 0.332 e. The lowest BCUT2D eigenvalue weighted by Crippen LogP contribution is -2.29. The summed E-state index contributed by atoms with van der Waals surface area (Å²) < 4.78 is 1.37. The van der Waals surface area contributed by atoms with Gasteiger partial charge in [-0.2, -0.15) is 0 Å². The Bertz CT molecular complexity index is 537. The van der Waals surface area contributed by atoms with Gasteiger partial charge in [-0.3, -0.25) is 14.3 Å². The normalized spacial score (nSPS) is 22.1. The molecule has 86 valence electrons. The van der Waals surface area contributed by atoms with Gasteiger partial charge in [-0.25, -0.2) is 4.79 Å². The van der Waals surface area contributed by atoms with E-state index in [4.69, 9.17) is 5.11 Å². The van der Waals surface area contributed by atoms with Crippen molar-refractivity contribution in [2.75, 3.05) is 6.61 Å². The number of aromatic nitrogens is 2. The van der Waals surface area contributed by atoms with Gasteiger partial charge >= 0.3 is 5.69 Å². The summed E-state index contributed by atoms with van der Waals surface area (Å²) in [5.74, 6) is 0.166. The topological polar surface area (TPSA) is 75.1 Å². The lowest BCUT2D eigenvalue weighted by Gasteiger charge is -2.27. The molecule has 0 radical (unpaired) electrons. The van der Waals surface area contributed by atoms with E-state index in [-0.39, 0.29) is 18.1 Å². The van der Waals surface area contributed by atoms with Crippen LogP contribution >= 0.6 is 0 Å². The van der Waals surface area contributed by atoms with Crippen molar-refractivity contribution in [1.29, 1.82) is 0 Å². The van der Waals surface area contributed by atoms with Gasteiger partial charge in [-0.15, -0.1) is 0 Å². The minimum atomic E-state index is -0.438. The number of hydrogen-bond acceptors (Lipinski definition) is 3. The van der Waals surface area contributed by atoms with Crippen LogP contribution in [0.2, 0.25) is 0 Å². The number of hydrogen-bond donors (Lipinski definition) is 2. The number of H-pyrrole nitrogens is 1. The minimum Gasteiger partial charge on any atom is -0.396 e. The molecule has 0 aliphatic heterocycles. The van der Waals surface area contributed by atoms with Crippen molar-refractivity contribution in [3.63, 3.8) is 0 Å². The first-order valence-corrected chi connectivity index (χ1v) is 5.25. The molecule has 1 fully saturated rings. The van der Waals surface area contributed by atoms with E-state index in [2.05, 4.69) is 4.98 Å². The van der Waals surface area contributed by atoms with Crippen molar-refractivity contribution in [1.82, 2.24) is 9.55 Å². The SMILES string of the molecule is Cc1cn(/C=C2\CCC2CO)c(=O)[nH]c1=O. The van der Waals surface area contributed by atoms with Crippen LogP contribution in [0.15, 0.2) is 21.4 Å². The van der Waals surface area contributed by atoms with Gasteiger partial charge in [0.1, 0.15) is 0 Å². The van der Waals surface area contributed by atoms with Crippen LogP contribution in [0.5, 0.6) is 0 Å². The summed E-state index contributed by atoms with van der Waals surface area (Å²) in [6.07, 6.45) is 5.08. The highest BCUT2D eigenvalue weighted by Gasteiger charge is 2.23. The Labute approximate surface area is 92.1 Å². The largest absolute Gasteiger partial charge is 0.396 e. The first-order chi connectivity index (χ1) is 7.61. The number of nitrogens with zero attached hydrogens (tertiary/aromatic N) is 1. The molecular formula is C11H14N2O3. The molecule has 2 rings (SSSR count). The van der Waals surface area contributed by atoms with Crippen molar-refractivity contribution >= 4 is 6.20 Å². The number of aromatic amines is 1. The number of rotatable bonds is 2. The van der Waals surface area contributed by atoms with Crippen LogP contribution in [-0.2, 0) is 0 Å². The highest BCUT2D eigenvalue weighted by atomic mass is 16.3. The summed E-state index contributed by atoms with van der Waals surface area (Å²) in [6, 6.07) is 0. The fourth-order valence-electron chi connectivity index (χ4n) is 1.75. The summed E-state index contributed by atoms with van der Waals surface area (Å²) in [5.41, 5.74) is 0.756. The standard InChI is InChI=1S/C11H14N2O3/c1-7-4-13(11(16)12-10(7)15)5-8-2-3-9(8)6-14/h4-5,9,14H,2-3,6H2,1H3,(H,12,15,16)/b8-5+. The third-order valence-corrected chi connectivity index (χ3v) is 2.98. The van der Waals surface area contributed by atoms with E-state index < -0.39 is 5.69 Å². The smallest absolute Gasteiger partial charge is 0.332 e. The molecule has 1 aliphatic rings. The number of aliphatic hydroxyl groups is 1. The van der Waals surface area contributed by atoms with Gasteiger partial charge in [0.25, 0.3) is 5.56 Å². The molecule has 5 nitrogen and oxygen atoms in total. The number of nitrogens with one attached hydrogen (secondary N) is 1. The average molecular weight is 222 g/mol. The minimum absolute atomic E-state index is 0.114. The maximum absolute atomic E-state index is 11.5. The van der Waals surface area contributed by atoms with E-state index in [0.717, 1.165) is 18.4 Å². The van der Waals surface area contributed by atoms with Crippen molar-refractivity contribution in [2.45, 2.75) is 19.8 Å². The molecule has 0 spiro atoms. The Kier molecular flexibility index (Phi) is 2.78. The molecule has 0 bridgehead atoms. The van der Waals surface area contributed by atoms with Crippen LogP contribution in [0.25, 0.3) is 6.20 Å². The molecule has 1 aromatic heterocycles. The number of aliphatic hydroxyl groups excluding tert-OH is 1. The van der Waals surface area contributed by atoms with Crippen LogP contribution in [0.4, 0.5) is 0 Å². The van der Waals surface area contributed by atoms with Crippen LogP contribution in [0.1, 0.15) is 18.4 Å². The lowest BCUT2D eigenvalue weighted by atomic mass is 9.80. The third-order valence-electron chi connectivity index (χ3n) is 2.98. The molecule has 16 heavy (non-hydrogen) atoms. The Morgan fingerprint density at radius 3 is 2.94 bits per heavy atom. The van der Waals surface area contributed by atoms with Crippen LogP contribution in [0, 0.1) is 12.8 Å². The highest BCUT2D eigenvalue weighted by Crippen LogP contribution is 2.33. The molecule has 0 saturated heterocycles. The molecule has 1 heterocycles. The van der Waals surface area contributed by atoms with Gasteiger partial charge in [0.2, 0.25) is 0 Å². The second kappa shape index (κ2) is 4.09. The summed E-state index contributed by atoms with van der Waals surface area (Å²) in [4.78, 5) is 24.9. The zero-order chi connectivity index (χ0) is 11.7. The maximum atomic E-state index is 11.5. The monoisotopic (exact) mass is 222 g/mol. The summed E-state index contributed by atoms with van der Waals surface area (Å²) >= 11 is 0. The lowest BCUT2D eigenvalue weighted by molar-refractivity contribution is 0.212. The van der Waals surface area contributed by atoms with Crippen molar-refractivity contribution in [3.05, 3.63) is 38.2 Å². The van der Waals surface area contributed by atoms with E-state index in [1.165, 1.54) is 10.8 Å². The second-order valence-electron chi connectivity index (χ2n) is 4.10. The van der Waals surface area contributed by atoms with E-state index in [1.54, 1.807) is 13.1 Å². The predicted octanol–water partition coefficient (Wildman–Crippen LogP) is 0.0882. The van der Waals surface area contributed by atoms with Crippen LogP contribution < -0.4 is 11.2 Å². The zero-order valence-corrected chi connectivity index (χ0v) is 9.06. The van der Waals surface area contributed by atoms with Crippen molar-refractivity contribution < 1.29 is 5.11 Å². The van der Waals surface area contributed by atoms with Crippen molar-refractivity contribution in [3.8, 4) is 0 Å². The van der Waals surface area contributed by atoms with E-state index in [0.29, 0.717) is 5.56 Å². The van der Waals surface area contributed by atoms with Gasteiger partial charge in [0, 0.05) is 30.5 Å². The third kappa shape index (κ3) is 1.86. The second-order valence-corrected chi connectivity index (χ2v) is 4.10. The quantitative estimate of drug-likeness (QED) is 0.744. The molecule has 1 aliphatic carbocycles. The van der Waals surface area contributed by atoms with E-state index in [9.17, 15) is 9.59 Å². The van der Waals surface area contributed by atoms with Gasteiger partial charge in [0.05, 0.1) is 0 Å². The van der Waals surface area contributed by atoms with Gasteiger partial charge in [-0.05, 0) is 25.3 Å². The van der Waals surface area contributed by atoms with E-state index in [1.807, 2.05) is 0 Å². The van der Waals surface area contributed by atoms with Gasteiger partial charge in [-0.1, -0.05) is 0 Å². The average Bonchev–Trinajstić information content (AvgIpc) is 2.20. The molecule has 0 amide bonds. The van der Waals surface area contributed by atoms with Crippen LogP contribution in [0.3, 0.4) is 0 Å². The molecule has 0 aromatic carbocycles. The molecular weight excluding hydrogens is 208 g/mol. The molecule has 1 saturated carbocycles. The summed E-state index contributed by atoms with van der Waals surface area (Å²) in [6.45, 7) is 1.76. The first kappa shape index (κ1) is 10.9. The molecule has 2 N–H and O–H groups in total. The van der Waals surface area contributed by atoms with Gasteiger partial charge < -0.3 is 5.11 Å². The van der Waals surface area contributed by atoms with Crippen LogP contribution in [-0.4, -0.2) is 21.3 Å². The van der Waals surface area contributed by atoms with E-state index >= 15 is 0 Å². The predicted molar refractivity (Wildman–Crippen MR) is 60.1 cm³/mol. The zero-order valence-electron chi connectivity index (χ0n) is 9.06. The summed E-state index contributed by atoms with van der Waals surface area (Å²) in [5, 5.41) is 9.02. The fourth-order valence-corrected chi connectivity index (χ4v) is 1.75. The Hall–Kier alpha value is -1.62. The van der Waals surface area contributed by atoms with Crippen molar-refractivity contribution in [2.24, 2.45) is 5.92 Å². The first-order valence-electron chi connectivity index (χ1n) is 5.25. The fraction of sp³-hybridized carbons (Fsp3) is 0.455. The Morgan fingerprint density at radius 1 is 1.62 bits per heavy atom. The molecule has 5 heteroatoms. The summed E-state index contributed by atoms with van der Waals surface area (Å²) in [7, 11) is 0. The highest BCUT2D eigenvalue weighted by molar-refractivity contribution is 5.36. The molecule has 1 unspecified atom stereocenters. The molecule has 1 atom stereocenters. The van der Waals surface area contributed by atoms with Gasteiger partial charge in [0.15, 0.2) is 0 Å². The Balaban J connectivity index is 2.39. The Morgan fingerprint density at radius 2 is 2.38 bits per heavy atom. The number of aryl methyl sites for hydroxylation is 1. The molecule has 1 aromatic rings.